The molecule has 2 saturated heterocycles. The van der Waals surface area contributed by atoms with Crippen LogP contribution < -0.4 is 20.0 Å². The lowest BCUT2D eigenvalue weighted by atomic mass is 10.1. The van der Waals surface area contributed by atoms with Gasteiger partial charge >= 0.3 is 0 Å². The van der Waals surface area contributed by atoms with Gasteiger partial charge in [-0.1, -0.05) is 0 Å². The zero-order chi connectivity index (χ0) is 23.4. The van der Waals surface area contributed by atoms with Crippen molar-refractivity contribution in [2.75, 3.05) is 86.7 Å². The summed E-state index contributed by atoms with van der Waals surface area (Å²) >= 11 is 0. The van der Waals surface area contributed by atoms with Crippen LogP contribution in [-0.2, 0) is 9.47 Å². The monoisotopic (exact) mass is 455 g/mol. The number of ether oxygens (including phenoxy) is 2. The van der Waals surface area contributed by atoms with Crippen LogP contribution in [0.1, 0.15) is 10.4 Å². The van der Waals surface area contributed by atoms with Crippen LogP contribution in [-0.4, -0.2) is 77.5 Å². The highest BCUT2D eigenvalue weighted by atomic mass is 16.6. The van der Waals surface area contributed by atoms with Gasteiger partial charge < -0.3 is 29.5 Å². The van der Waals surface area contributed by atoms with E-state index in [0.717, 1.165) is 37.6 Å². The molecule has 0 saturated carbocycles. The number of morpholine rings is 2. The first-order chi connectivity index (χ1) is 15.9. The second-order valence-corrected chi connectivity index (χ2v) is 8.21. The molecule has 0 bridgehead atoms. The molecule has 1 N–H and O–H groups in total. The summed E-state index contributed by atoms with van der Waals surface area (Å²) in [6, 6.07) is 10.5. The van der Waals surface area contributed by atoms with Crippen molar-refractivity contribution in [2.24, 2.45) is 0 Å². The maximum Gasteiger partial charge on any atom is 0.293 e. The van der Waals surface area contributed by atoms with Crippen LogP contribution in [0.25, 0.3) is 0 Å². The van der Waals surface area contributed by atoms with Gasteiger partial charge in [0.2, 0.25) is 0 Å². The van der Waals surface area contributed by atoms with E-state index in [0.29, 0.717) is 37.8 Å². The van der Waals surface area contributed by atoms with Crippen LogP contribution in [0.3, 0.4) is 0 Å². The highest BCUT2D eigenvalue weighted by Gasteiger charge is 2.22. The Morgan fingerprint density at radius 2 is 1.61 bits per heavy atom. The van der Waals surface area contributed by atoms with Crippen molar-refractivity contribution < 1.29 is 19.2 Å². The number of nitrogens with one attached hydrogen (secondary N) is 1. The highest BCUT2D eigenvalue weighted by molar-refractivity contribution is 6.07. The Morgan fingerprint density at radius 1 is 0.970 bits per heavy atom. The standard InChI is InChI=1S/C23H29N5O5/c1-25(2)20-6-3-17(15-22(20)28(30)31)23(29)24-19-5-4-18(26-7-11-32-12-8-26)16-21(19)27-9-13-33-14-10-27/h3-6,15-16H,7-14H2,1-2H3,(H,24,29). The average molecular weight is 456 g/mol. The zero-order valence-corrected chi connectivity index (χ0v) is 19.0. The number of nitrogens with zero attached hydrogens (tertiary/aromatic N) is 4. The summed E-state index contributed by atoms with van der Waals surface area (Å²) in [5, 5.41) is 14.5. The zero-order valence-electron chi connectivity index (χ0n) is 19.0. The summed E-state index contributed by atoms with van der Waals surface area (Å²) in [7, 11) is 3.46. The average Bonchev–Trinajstić information content (AvgIpc) is 2.84. The minimum atomic E-state index is -0.470. The summed E-state index contributed by atoms with van der Waals surface area (Å²) in [6.45, 7) is 5.68. The topological polar surface area (TPSA) is 100 Å². The van der Waals surface area contributed by atoms with E-state index < -0.39 is 10.8 Å². The summed E-state index contributed by atoms with van der Waals surface area (Å²) < 4.78 is 11.0. The largest absolute Gasteiger partial charge is 0.378 e. The molecule has 2 aromatic carbocycles. The van der Waals surface area contributed by atoms with E-state index in [1.54, 1.807) is 31.1 Å². The first kappa shape index (κ1) is 22.8. The van der Waals surface area contributed by atoms with Gasteiger partial charge in [-0.15, -0.1) is 0 Å². The van der Waals surface area contributed by atoms with E-state index in [9.17, 15) is 14.9 Å². The maximum absolute atomic E-state index is 13.1. The van der Waals surface area contributed by atoms with Gasteiger partial charge in [-0.05, 0) is 30.3 Å². The SMILES string of the molecule is CN(C)c1ccc(C(=O)Nc2ccc(N3CCOCC3)cc2N2CCOCC2)cc1[N+](=O)[O-]. The third-order valence-electron chi connectivity index (χ3n) is 5.87. The predicted octanol–water partition coefficient (Wildman–Crippen LogP) is 2.59. The first-order valence-corrected chi connectivity index (χ1v) is 11.0. The van der Waals surface area contributed by atoms with Gasteiger partial charge in [0.05, 0.1) is 42.7 Å². The molecule has 0 aliphatic carbocycles. The van der Waals surface area contributed by atoms with Gasteiger partial charge in [-0.25, -0.2) is 0 Å². The molecular weight excluding hydrogens is 426 g/mol. The normalized spacial score (nSPS) is 16.4. The lowest BCUT2D eigenvalue weighted by Gasteiger charge is -2.33. The predicted molar refractivity (Wildman–Crippen MR) is 128 cm³/mol. The van der Waals surface area contributed by atoms with Crippen LogP contribution in [0, 0.1) is 10.1 Å². The second-order valence-electron chi connectivity index (χ2n) is 8.21. The molecule has 10 heteroatoms. The maximum atomic E-state index is 13.1. The Labute approximate surface area is 192 Å². The van der Waals surface area contributed by atoms with Gasteiger partial charge in [-0.3, -0.25) is 14.9 Å². The fraction of sp³-hybridized carbons (Fsp3) is 0.435. The van der Waals surface area contributed by atoms with Crippen molar-refractivity contribution in [1.29, 1.82) is 0 Å². The lowest BCUT2D eigenvalue weighted by Crippen LogP contribution is -2.38. The lowest BCUT2D eigenvalue weighted by molar-refractivity contribution is -0.384. The number of rotatable bonds is 6. The number of hydrogen-bond acceptors (Lipinski definition) is 8. The van der Waals surface area contributed by atoms with Crippen LogP contribution in [0.5, 0.6) is 0 Å². The molecule has 0 unspecified atom stereocenters. The van der Waals surface area contributed by atoms with E-state index >= 15 is 0 Å². The van der Waals surface area contributed by atoms with Crippen LogP contribution in [0.15, 0.2) is 36.4 Å². The van der Waals surface area contributed by atoms with E-state index in [4.69, 9.17) is 9.47 Å². The molecule has 33 heavy (non-hydrogen) atoms. The molecule has 2 fully saturated rings. The third kappa shape index (κ3) is 5.18. The molecule has 0 atom stereocenters. The summed E-state index contributed by atoms with van der Waals surface area (Å²) in [5.41, 5.74) is 3.22. The number of benzene rings is 2. The Kier molecular flexibility index (Phi) is 6.95. The van der Waals surface area contributed by atoms with Crippen molar-refractivity contribution in [1.82, 2.24) is 0 Å². The summed E-state index contributed by atoms with van der Waals surface area (Å²) in [6.07, 6.45) is 0. The Balaban J connectivity index is 1.63. The number of nitro groups is 1. The first-order valence-electron chi connectivity index (χ1n) is 11.0. The third-order valence-corrected chi connectivity index (χ3v) is 5.87. The van der Waals surface area contributed by atoms with Crippen molar-refractivity contribution in [3.05, 3.63) is 52.1 Å². The number of nitro benzene ring substituents is 1. The Bertz CT molecular complexity index is 1020. The summed E-state index contributed by atoms with van der Waals surface area (Å²) in [4.78, 5) is 30.2. The van der Waals surface area contributed by atoms with Gasteiger partial charge in [0.15, 0.2) is 0 Å². The number of amides is 1. The van der Waals surface area contributed by atoms with Crippen LogP contribution in [0.4, 0.5) is 28.4 Å². The molecule has 2 aromatic rings. The molecule has 10 nitrogen and oxygen atoms in total. The number of hydrogen-bond donors (Lipinski definition) is 1. The van der Waals surface area contributed by atoms with Gasteiger partial charge in [0.25, 0.3) is 11.6 Å². The fourth-order valence-electron chi connectivity index (χ4n) is 4.09. The van der Waals surface area contributed by atoms with Gasteiger partial charge in [0.1, 0.15) is 5.69 Å². The van der Waals surface area contributed by atoms with Crippen LogP contribution >= 0.6 is 0 Å². The van der Waals surface area contributed by atoms with E-state index in [2.05, 4.69) is 21.2 Å². The molecule has 4 rings (SSSR count). The molecular formula is C23H29N5O5. The molecule has 2 aliphatic rings. The Morgan fingerprint density at radius 3 is 2.21 bits per heavy atom. The molecule has 0 radical (unpaired) electrons. The molecule has 1 amide bonds. The van der Waals surface area contributed by atoms with Gasteiger partial charge in [-0.2, -0.15) is 0 Å². The number of carbonyl (C=O) groups is 1. The number of carbonyl (C=O) groups excluding carboxylic acids is 1. The van der Waals surface area contributed by atoms with Crippen molar-refractivity contribution in [3.63, 3.8) is 0 Å². The Hall–Kier alpha value is -3.37. The summed E-state index contributed by atoms with van der Waals surface area (Å²) in [5.74, 6) is -0.392. The van der Waals surface area contributed by atoms with E-state index in [1.807, 2.05) is 12.1 Å². The van der Waals surface area contributed by atoms with E-state index in [1.165, 1.54) is 6.07 Å². The quantitative estimate of drug-likeness (QED) is 0.524. The number of anilines is 4. The van der Waals surface area contributed by atoms with E-state index in [-0.39, 0.29) is 11.3 Å². The minimum absolute atomic E-state index is 0.108. The smallest absolute Gasteiger partial charge is 0.293 e. The van der Waals surface area contributed by atoms with Gasteiger partial charge in [0, 0.05) is 57.6 Å². The minimum Gasteiger partial charge on any atom is -0.378 e. The van der Waals surface area contributed by atoms with Crippen LogP contribution in [0.2, 0.25) is 0 Å². The second kappa shape index (κ2) is 10.1. The fourth-order valence-corrected chi connectivity index (χ4v) is 4.09. The van der Waals surface area contributed by atoms with Crippen molar-refractivity contribution in [3.8, 4) is 0 Å². The highest BCUT2D eigenvalue weighted by Crippen LogP contribution is 2.33. The molecule has 0 spiro atoms. The molecule has 176 valence electrons. The molecule has 2 aliphatic heterocycles. The van der Waals surface area contributed by atoms with Crippen molar-refractivity contribution >= 4 is 34.3 Å². The molecule has 2 heterocycles. The van der Waals surface area contributed by atoms with Crippen molar-refractivity contribution in [2.45, 2.75) is 0 Å². The molecule has 0 aromatic heterocycles.